The zero-order chi connectivity index (χ0) is 29.8. The van der Waals surface area contributed by atoms with E-state index in [0.29, 0.717) is 42.0 Å². The first-order chi connectivity index (χ1) is 20.8. The van der Waals surface area contributed by atoms with Crippen molar-refractivity contribution in [1.29, 1.82) is 0 Å². The van der Waals surface area contributed by atoms with Crippen molar-refractivity contribution in [2.75, 3.05) is 38.2 Å². The van der Waals surface area contributed by atoms with Gasteiger partial charge in [-0.2, -0.15) is 9.97 Å². The van der Waals surface area contributed by atoms with E-state index in [1.54, 1.807) is 29.2 Å². The van der Waals surface area contributed by atoms with Gasteiger partial charge in [0.15, 0.2) is 5.82 Å². The molecule has 7 rings (SSSR count). The molecule has 0 radical (unpaired) electrons. The minimum absolute atomic E-state index is 0.0418. The number of nitrogens with two attached hydrogens (primary N) is 1. The Balaban J connectivity index is 1.32. The summed E-state index contributed by atoms with van der Waals surface area (Å²) in [5.74, 6) is -1.60. The molecule has 3 aliphatic heterocycles. The molecule has 3 aromatic carbocycles. The quantitative estimate of drug-likeness (QED) is 0.342. The first-order valence-electron chi connectivity index (χ1n) is 14.7. The van der Waals surface area contributed by atoms with Crippen LogP contribution in [-0.4, -0.2) is 88.1 Å². The third kappa shape index (κ3) is 4.77. The average Bonchev–Trinajstić information content (AvgIpc) is 3.53. The van der Waals surface area contributed by atoms with Gasteiger partial charge in [-0.1, -0.05) is 30.3 Å². The number of aromatic nitrogens is 2. The number of carbonyl (C=O) groups is 2. The number of hydrogen-bond acceptors (Lipinski definition) is 8. The number of halogens is 1. The van der Waals surface area contributed by atoms with Crippen molar-refractivity contribution in [3.8, 4) is 22.9 Å². The number of carbonyl (C=O) groups excluding carboxylic acids is 2. The van der Waals surface area contributed by atoms with E-state index in [1.807, 2.05) is 29.2 Å². The van der Waals surface area contributed by atoms with Gasteiger partial charge in [-0.15, -0.1) is 0 Å². The van der Waals surface area contributed by atoms with Crippen LogP contribution in [0.1, 0.15) is 25.7 Å². The second-order valence-electron chi connectivity index (χ2n) is 11.8. The summed E-state index contributed by atoms with van der Waals surface area (Å²) in [6, 6.07) is 14.1. The van der Waals surface area contributed by atoms with Crippen LogP contribution in [0.4, 0.5) is 10.2 Å². The number of benzene rings is 3. The van der Waals surface area contributed by atoms with Crippen molar-refractivity contribution in [3.63, 3.8) is 0 Å². The zero-order valence-corrected chi connectivity index (χ0v) is 23.9. The third-order valence-corrected chi connectivity index (χ3v) is 9.21. The number of piperazine rings is 1. The van der Waals surface area contributed by atoms with Crippen molar-refractivity contribution in [2.45, 2.75) is 43.8 Å². The molecule has 3 N–H and O–H groups in total. The molecule has 43 heavy (non-hydrogen) atoms. The lowest BCUT2D eigenvalue weighted by atomic mass is 9.96. The van der Waals surface area contributed by atoms with Gasteiger partial charge in [0.1, 0.15) is 23.7 Å². The molecule has 1 aromatic heterocycles. The highest BCUT2D eigenvalue weighted by Crippen LogP contribution is 2.40. The molecule has 2 amide bonds. The standard InChI is InChI=1S/C32H33FN6O4/c1-37-12-4-6-21(37)17-43-32-35-28-25(30(36-32)38-15-19-8-9-20(16-38)39(19)31(42)29(34)41)11-10-24(27(28)33)26-14-22(40)13-18-5-2-3-7-23(18)26/h2-3,5,7,10-11,13-14,19-21,40H,4,6,8-9,12,15-17H2,1H3,(H2,34,41)/t19-,20+,21-/m0/s1. The van der Waals surface area contributed by atoms with Crippen LogP contribution in [0, 0.1) is 5.82 Å². The number of aromatic hydroxyl groups is 1. The van der Waals surface area contributed by atoms with E-state index >= 15 is 4.39 Å². The molecule has 11 heteroatoms. The van der Waals surface area contributed by atoms with Crippen LogP contribution in [0.25, 0.3) is 32.8 Å². The SMILES string of the molecule is CN1CCC[C@H]1COc1nc(N2C[C@H]3CC[C@@H](C2)N3C(=O)C(N)=O)c2ccc(-c3cc(O)cc4ccccc34)c(F)c2n1. The number of rotatable bonds is 5. The number of primary amides is 1. The Labute approximate surface area is 247 Å². The van der Waals surface area contributed by atoms with Crippen LogP contribution < -0.4 is 15.4 Å². The van der Waals surface area contributed by atoms with Crippen LogP contribution >= 0.6 is 0 Å². The fourth-order valence-electron chi connectivity index (χ4n) is 7.05. The van der Waals surface area contributed by atoms with Crippen LogP contribution in [0.5, 0.6) is 11.8 Å². The summed E-state index contributed by atoms with van der Waals surface area (Å²) in [5.41, 5.74) is 6.32. The molecule has 0 saturated carbocycles. The number of likely N-dealkylation sites (tertiary alicyclic amines) is 1. The number of phenolic OH excluding ortho intramolecular Hbond substituents is 1. The highest BCUT2D eigenvalue weighted by atomic mass is 19.1. The number of likely N-dealkylation sites (N-methyl/N-ethyl adjacent to an activating group) is 1. The van der Waals surface area contributed by atoms with E-state index in [0.717, 1.165) is 43.0 Å². The molecule has 3 aliphatic rings. The molecule has 0 aliphatic carbocycles. The lowest BCUT2D eigenvalue weighted by Gasteiger charge is -2.41. The number of fused-ring (bicyclic) bond motifs is 4. The average molecular weight is 585 g/mol. The van der Waals surface area contributed by atoms with E-state index in [4.69, 9.17) is 15.5 Å². The fraction of sp³-hybridized carbons (Fsp3) is 0.375. The molecule has 4 heterocycles. The van der Waals surface area contributed by atoms with Gasteiger partial charge in [-0.25, -0.2) is 4.39 Å². The summed E-state index contributed by atoms with van der Waals surface area (Å²) < 4.78 is 22.7. The zero-order valence-electron chi connectivity index (χ0n) is 23.9. The minimum Gasteiger partial charge on any atom is -0.508 e. The summed E-state index contributed by atoms with van der Waals surface area (Å²) in [6.07, 6.45) is 3.56. The molecule has 3 saturated heterocycles. The van der Waals surface area contributed by atoms with Crippen LogP contribution in [0.15, 0.2) is 48.5 Å². The second-order valence-corrected chi connectivity index (χ2v) is 11.8. The first-order valence-corrected chi connectivity index (χ1v) is 14.7. The van der Waals surface area contributed by atoms with Gasteiger partial charge in [0, 0.05) is 30.1 Å². The third-order valence-electron chi connectivity index (χ3n) is 9.21. The van der Waals surface area contributed by atoms with E-state index < -0.39 is 17.6 Å². The Morgan fingerprint density at radius 1 is 1.02 bits per heavy atom. The molecule has 2 bridgehead atoms. The summed E-state index contributed by atoms with van der Waals surface area (Å²) >= 11 is 0. The maximum absolute atomic E-state index is 16.6. The van der Waals surface area contributed by atoms with Crippen molar-refractivity contribution < 1.29 is 23.8 Å². The highest BCUT2D eigenvalue weighted by molar-refractivity contribution is 6.34. The normalized spacial score (nSPS) is 22.0. The highest BCUT2D eigenvalue weighted by Gasteiger charge is 2.44. The number of anilines is 1. The van der Waals surface area contributed by atoms with Gasteiger partial charge in [-0.3, -0.25) is 9.59 Å². The Morgan fingerprint density at radius 3 is 2.51 bits per heavy atom. The number of nitrogens with zero attached hydrogens (tertiary/aromatic N) is 5. The number of phenols is 1. The van der Waals surface area contributed by atoms with E-state index in [-0.39, 0.29) is 35.4 Å². The molecule has 3 atom stereocenters. The Hall–Kier alpha value is -4.51. The molecule has 10 nitrogen and oxygen atoms in total. The van der Waals surface area contributed by atoms with Gasteiger partial charge in [0.25, 0.3) is 0 Å². The van der Waals surface area contributed by atoms with E-state index in [1.165, 1.54) is 0 Å². The molecule has 0 spiro atoms. The number of hydrogen-bond donors (Lipinski definition) is 2. The van der Waals surface area contributed by atoms with Gasteiger partial charge in [-0.05, 0) is 73.8 Å². The van der Waals surface area contributed by atoms with Gasteiger partial charge < -0.3 is 30.3 Å². The molecule has 222 valence electrons. The maximum Gasteiger partial charge on any atom is 0.319 e. The summed E-state index contributed by atoms with van der Waals surface area (Å²) in [4.78, 5) is 39.5. The monoisotopic (exact) mass is 584 g/mol. The van der Waals surface area contributed by atoms with Crippen LogP contribution in [0.3, 0.4) is 0 Å². The van der Waals surface area contributed by atoms with Crippen LogP contribution in [-0.2, 0) is 9.59 Å². The van der Waals surface area contributed by atoms with E-state index in [9.17, 15) is 14.7 Å². The summed E-state index contributed by atoms with van der Waals surface area (Å²) in [5, 5.41) is 12.6. The molecular formula is C32H33FN6O4. The fourth-order valence-corrected chi connectivity index (χ4v) is 7.05. The smallest absolute Gasteiger partial charge is 0.319 e. The van der Waals surface area contributed by atoms with Gasteiger partial charge in [0.05, 0.1) is 12.1 Å². The summed E-state index contributed by atoms with van der Waals surface area (Å²) in [6.45, 7) is 2.22. The predicted octanol–water partition coefficient (Wildman–Crippen LogP) is 3.43. The molecule has 0 unspecified atom stereocenters. The van der Waals surface area contributed by atoms with Crippen molar-refractivity contribution in [3.05, 3.63) is 54.3 Å². The molecule has 4 aromatic rings. The second kappa shape index (κ2) is 10.6. The Kier molecular flexibility index (Phi) is 6.76. The number of ether oxygens (including phenoxy) is 1. The lowest BCUT2D eigenvalue weighted by molar-refractivity contribution is -0.146. The lowest BCUT2D eigenvalue weighted by Crippen LogP contribution is -2.58. The van der Waals surface area contributed by atoms with Gasteiger partial charge in [0.2, 0.25) is 0 Å². The van der Waals surface area contributed by atoms with Crippen molar-refractivity contribution in [1.82, 2.24) is 19.8 Å². The minimum atomic E-state index is -0.959. The van der Waals surface area contributed by atoms with Crippen molar-refractivity contribution in [2.24, 2.45) is 5.73 Å². The summed E-state index contributed by atoms with van der Waals surface area (Å²) in [7, 11) is 2.06. The van der Waals surface area contributed by atoms with E-state index in [2.05, 4.69) is 16.9 Å². The molecular weight excluding hydrogens is 551 g/mol. The molecule has 3 fully saturated rings. The topological polar surface area (TPSA) is 125 Å². The van der Waals surface area contributed by atoms with Crippen LogP contribution in [0.2, 0.25) is 0 Å². The Bertz CT molecular complexity index is 1750. The predicted molar refractivity (Wildman–Crippen MR) is 160 cm³/mol. The number of amides is 2. The largest absolute Gasteiger partial charge is 0.508 e. The first kappa shape index (κ1) is 27.3. The Morgan fingerprint density at radius 2 is 1.79 bits per heavy atom. The van der Waals surface area contributed by atoms with Gasteiger partial charge >= 0.3 is 17.8 Å². The van der Waals surface area contributed by atoms with Crippen molar-refractivity contribution >= 4 is 39.3 Å². The maximum atomic E-state index is 16.6.